The highest BCUT2D eigenvalue weighted by Crippen LogP contribution is 2.12. The predicted molar refractivity (Wildman–Crippen MR) is 78.6 cm³/mol. The molecule has 0 aromatic heterocycles. The minimum Gasteiger partial charge on any atom is -0.303 e. The highest BCUT2D eigenvalue weighted by Gasteiger charge is 2.07. The molecule has 0 aromatic carbocycles. The Morgan fingerprint density at radius 3 is 2.00 bits per heavy atom. The van der Waals surface area contributed by atoms with Crippen LogP contribution in [0, 0.1) is 0 Å². The molecule has 0 spiro atoms. The molecule has 16 heavy (non-hydrogen) atoms. The average Bonchev–Trinajstić information content (AvgIpc) is 2.30. The molecule has 0 saturated carbocycles. The van der Waals surface area contributed by atoms with Gasteiger partial charge in [0.05, 0.1) is 0 Å². The molecule has 0 aliphatic heterocycles. The van der Waals surface area contributed by atoms with Crippen LogP contribution in [0.4, 0.5) is 0 Å². The van der Waals surface area contributed by atoms with Crippen molar-refractivity contribution >= 4 is 12.6 Å². The van der Waals surface area contributed by atoms with Crippen molar-refractivity contribution in [2.24, 2.45) is 0 Å². The quantitative estimate of drug-likeness (QED) is 0.418. The second kappa shape index (κ2) is 11.8. The summed E-state index contributed by atoms with van der Waals surface area (Å²) in [6.45, 7) is 10.2. The van der Waals surface area contributed by atoms with Gasteiger partial charge < -0.3 is 4.90 Å². The molecule has 0 aliphatic rings. The fourth-order valence-corrected chi connectivity index (χ4v) is 2.44. The summed E-state index contributed by atoms with van der Waals surface area (Å²) < 4.78 is 0. The molecular weight excluding hydrogens is 214 g/mol. The number of unbranched alkanes of at least 4 members (excludes halogenated alkanes) is 5. The Kier molecular flexibility index (Phi) is 12.0. The van der Waals surface area contributed by atoms with E-state index in [4.69, 9.17) is 0 Å². The van der Waals surface area contributed by atoms with Crippen molar-refractivity contribution in [3.8, 4) is 0 Å². The first-order chi connectivity index (χ1) is 7.74. The van der Waals surface area contributed by atoms with Crippen molar-refractivity contribution in [1.29, 1.82) is 0 Å². The van der Waals surface area contributed by atoms with E-state index in [-0.39, 0.29) is 0 Å². The van der Waals surface area contributed by atoms with Crippen molar-refractivity contribution in [2.45, 2.75) is 71.0 Å². The Labute approximate surface area is 108 Å². The highest BCUT2D eigenvalue weighted by atomic mass is 32.1. The number of thiol groups is 1. The normalized spacial score (nSPS) is 13.3. The van der Waals surface area contributed by atoms with E-state index in [9.17, 15) is 0 Å². The van der Waals surface area contributed by atoms with Crippen molar-refractivity contribution in [3.05, 3.63) is 0 Å². The Bertz CT molecular complexity index is 135. The van der Waals surface area contributed by atoms with E-state index >= 15 is 0 Å². The van der Waals surface area contributed by atoms with Crippen LogP contribution in [0.3, 0.4) is 0 Å². The maximum absolute atomic E-state index is 4.68. The zero-order chi connectivity index (χ0) is 12.2. The van der Waals surface area contributed by atoms with Gasteiger partial charge in [0.15, 0.2) is 0 Å². The van der Waals surface area contributed by atoms with Gasteiger partial charge in [-0.1, -0.05) is 59.3 Å². The fourth-order valence-electron chi connectivity index (χ4n) is 2.03. The Balaban J connectivity index is 3.32. The standard InChI is InChI=1S/C14H31NS/c1-4-7-8-9-10-11-12-14(16)13-15(5-2)6-3/h14,16H,4-13H2,1-3H3. The first kappa shape index (κ1) is 16.3. The van der Waals surface area contributed by atoms with Gasteiger partial charge >= 0.3 is 0 Å². The molecule has 0 saturated heterocycles. The monoisotopic (exact) mass is 245 g/mol. The highest BCUT2D eigenvalue weighted by molar-refractivity contribution is 7.81. The van der Waals surface area contributed by atoms with Gasteiger partial charge in [-0.3, -0.25) is 0 Å². The third kappa shape index (κ3) is 9.53. The van der Waals surface area contributed by atoms with Crippen molar-refractivity contribution in [3.63, 3.8) is 0 Å². The van der Waals surface area contributed by atoms with Gasteiger partial charge in [0.1, 0.15) is 0 Å². The smallest absolute Gasteiger partial charge is 0.0144 e. The van der Waals surface area contributed by atoms with E-state index in [1.165, 1.54) is 44.9 Å². The lowest BCUT2D eigenvalue weighted by molar-refractivity contribution is 0.300. The fraction of sp³-hybridized carbons (Fsp3) is 1.00. The summed E-state index contributed by atoms with van der Waals surface area (Å²) in [7, 11) is 0. The van der Waals surface area contributed by atoms with Crippen LogP contribution in [0.5, 0.6) is 0 Å². The molecule has 0 heterocycles. The van der Waals surface area contributed by atoms with E-state index in [1.54, 1.807) is 0 Å². The minimum absolute atomic E-state index is 0.575. The zero-order valence-electron chi connectivity index (χ0n) is 11.5. The second-order valence-corrected chi connectivity index (χ2v) is 5.43. The molecule has 0 amide bonds. The molecule has 1 nitrogen and oxygen atoms in total. The first-order valence-corrected chi connectivity index (χ1v) is 7.66. The van der Waals surface area contributed by atoms with Gasteiger partial charge in [0, 0.05) is 11.8 Å². The first-order valence-electron chi connectivity index (χ1n) is 7.14. The van der Waals surface area contributed by atoms with Crippen molar-refractivity contribution in [2.75, 3.05) is 19.6 Å². The lowest BCUT2D eigenvalue weighted by Crippen LogP contribution is -2.29. The molecule has 0 rings (SSSR count). The third-order valence-corrected chi connectivity index (χ3v) is 3.68. The van der Waals surface area contributed by atoms with Crippen molar-refractivity contribution in [1.82, 2.24) is 4.90 Å². The van der Waals surface area contributed by atoms with Crippen LogP contribution in [0.2, 0.25) is 0 Å². The van der Waals surface area contributed by atoms with E-state index in [0.717, 1.165) is 19.6 Å². The molecule has 2 heteroatoms. The second-order valence-electron chi connectivity index (χ2n) is 4.70. The van der Waals surface area contributed by atoms with Crippen LogP contribution in [0.15, 0.2) is 0 Å². The van der Waals surface area contributed by atoms with Crippen LogP contribution < -0.4 is 0 Å². The Hall–Kier alpha value is 0.310. The zero-order valence-corrected chi connectivity index (χ0v) is 12.4. The number of hydrogen-bond donors (Lipinski definition) is 1. The van der Waals surface area contributed by atoms with Crippen LogP contribution in [0.25, 0.3) is 0 Å². The largest absolute Gasteiger partial charge is 0.303 e. The number of nitrogens with zero attached hydrogens (tertiary/aromatic N) is 1. The van der Waals surface area contributed by atoms with E-state index in [1.807, 2.05) is 0 Å². The average molecular weight is 245 g/mol. The predicted octanol–water partition coefficient (Wildman–Crippen LogP) is 4.38. The van der Waals surface area contributed by atoms with Gasteiger partial charge in [-0.25, -0.2) is 0 Å². The number of hydrogen-bond acceptors (Lipinski definition) is 2. The summed E-state index contributed by atoms with van der Waals surface area (Å²) in [5.41, 5.74) is 0. The van der Waals surface area contributed by atoms with Gasteiger partial charge in [-0.2, -0.15) is 12.6 Å². The van der Waals surface area contributed by atoms with Gasteiger partial charge in [0.25, 0.3) is 0 Å². The topological polar surface area (TPSA) is 3.24 Å². The molecule has 1 atom stereocenters. The summed E-state index contributed by atoms with van der Waals surface area (Å²) in [5.74, 6) is 0. The summed E-state index contributed by atoms with van der Waals surface area (Å²) in [6.07, 6.45) is 9.63. The lowest BCUT2D eigenvalue weighted by Gasteiger charge is -2.22. The SMILES string of the molecule is CCCCCCCCC(S)CN(CC)CC. The van der Waals surface area contributed by atoms with Crippen molar-refractivity contribution < 1.29 is 0 Å². The molecule has 98 valence electrons. The van der Waals surface area contributed by atoms with Crippen LogP contribution in [-0.2, 0) is 0 Å². The maximum Gasteiger partial charge on any atom is 0.0144 e. The Morgan fingerprint density at radius 1 is 0.875 bits per heavy atom. The Morgan fingerprint density at radius 2 is 1.44 bits per heavy atom. The summed E-state index contributed by atoms with van der Waals surface area (Å²) in [5, 5.41) is 0.575. The molecule has 0 N–H and O–H groups in total. The third-order valence-electron chi connectivity index (χ3n) is 3.25. The summed E-state index contributed by atoms with van der Waals surface area (Å²) in [4.78, 5) is 2.47. The summed E-state index contributed by atoms with van der Waals surface area (Å²) >= 11 is 4.68. The van der Waals surface area contributed by atoms with Gasteiger partial charge in [0.2, 0.25) is 0 Å². The molecule has 0 radical (unpaired) electrons. The molecular formula is C14H31NS. The van der Waals surface area contributed by atoms with Gasteiger partial charge in [-0.05, 0) is 19.5 Å². The van der Waals surface area contributed by atoms with Gasteiger partial charge in [-0.15, -0.1) is 0 Å². The van der Waals surface area contributed by atoms with Crippen LogP contribution in [0.1, 0.15) is 65.7 Å². The lowest BCUT2D eigenvalue weighted by atomic mass is 10.1. The summed E-state index contributed by atoms with van der Waals surface area (Å²) in [6, 6.07) is 0. The molecule has 0 fully saturated rings. The minimum atomic E-state index is 0.575. The van der Waals surface area contributed by atoms with E-state index in [2.05, 4.69) is 38.3 Å². The molecule has 0 bridgehead atoms. The van der Waals surface area contributed by atoms with E-state index in [0.29, 0.717) is 5.25 Å². The van der Waals surface area contributed by atoms with Crippen LogP contribution >= 0.6 is 12.6 Å². The maximum atomic E-state index is 4.68. The van der Waals surface area contributed by atoms with Crippen LogP contribution in [-0.4, -0.2) is 29.8 Å². The molecule has 0 aromatic rings. The number of rotatable bonds is 11. The van der Waals surface area contributed by atoms with E-state index < -0.39 is 0 Å². The molecule has 1 unspecified atom stereocenters. The molecule has 0 aliphatic carbocycles.